The van der Waals surface area contributed by atoms with E-state index in [2.05, 4.69) is 33.9 Å². The maximum atomic E-state index is 12.0. The summed E-state index contributed by atoms with van der Waals surface area (Å²) >= 11 is 6.15. The summed E-state index contributed by atoms with van der Waals surface area (Å²) in [7, 11) is -1.86. The van der Waals surface area contributed by atoms with Crippen LogP contribution in [0.3, 0.4) is 0 Å². The highest BCUT2D eigenvalue weighted by Gasteiger charge is 2.64. The van der Waals surface area contributed by atoms with Crippen LogP contribution in [0, 0.1) is 0 Å². The van der Waals surface area contributed by atoms with Crippen molar-refractivity contribution in [3.05, 3.63) is 0 Å². The van der Waals surface area contributed by atoms with Crippen molar-refractivity contribution < 1.29 is 18.7 Å². The Bertz CT molecular complexity index is 384. The van der Waals surface area contributed by atoms with Crippen LogP contribution in [0.4, 0.5) is 0 Å². The van der Waals surface area contributed by atoms with E-state index < -0.39 is 31.1 Å². The zero-order valence-electron chi connectivity index (χ0n) is 13.8. The number of epoxide rings is 1. The number of esters is 1. The Morgan fingerprint density at radius 3 is 2.15 bits per heavy atom. The highest BCUT2D eigenvalue weighted by molar-refractivity contribution is 6.74. The monoisotopic (exact) mass is 322 g/mol. The molecule has 0 aromatic rings. The van der Waals surface area contributed by atoms with Crippen LogP contribution in [-0.4, -0.2) is 37.7 Å². The molecular weight excluding hydrogens is 296 g/mol. The van der Waals surface area contributed by atoms with Gasteiger partial charge in [0.25, 0.3) is 5.06 Å². The number of ether oxygens (including phenoxy) is 2. The summed E-state index contributed by atoms with van der Waals surface area (Å²) in [6.45, 7) is 16.5. The van der Waals surface area contributed by atoms with Crippen LogP contribution < -0.4 is 0 Å². The average molecular weight is 323 g/mol. The molecule has 118 valence electrons. The van der Waals surface area contributed by atoms with Gasteiger partial charge >= 0.3 is 5.97 Å². The fourth-order valence-electron chi connectivity index (χ4n) is 1.34. The van der Waals surface area contributed by atoms with Crippen LogP contribution in [0.2, 0.25) is 18.1 Å². The van der Waals surface area contributed by atoms with Crippen LogP contribution in [-0.2, 0) is 18.7 Å². The molecule has 1 aliphatic heterocycles. The summed E-state index contributed by atoms with van der Waals surface area (Å²) in [6.07, 6.45) is -0.423. The van der Waals surface area contributed by atoms with Gasteiger partial charge in [-0.1, -0.05) is 32.4 Å². The Morgan fingerprint density at radius 2 is 1.75 bits per heavy atom. The highest BCUT2D eigenvalue weighted by Crippen LogP contribution is 2.44. The van der Waals surface area contributed by atoms with E-state index in [0.717, 1.165) is 0 Å². The van der Waals surface area contributed by atoms with Crippen molar-refractivity contribution in [3.8, 4) is 0 Å². The Kier molecular flexibility index (Phi) is 4.73. The molecule has 0 bridgehead atoms. The van der Waals surface area contributed by atoms with Gasteiger partial charge in [-0.15, -0.1) is 0 Å². The minimum absolute atomic E-state index is 0.114. The Hall–Kier alpha value is -0.103. The second-order valence-electron chi connectivity index (χ2n) is 7.82. The van der Waals surface area contributed by atoms with Crippen LogP contribution in [0.5, 0.6) is 0 Å². The standard InChI is InChI=1S/C14H27ClO4Si/c1-12(2,3)19-11(16)14(15)10(18-14)9-17-20(7,8)13(4,5)6/h10H,9H2,1-8H3. The van der Waals surface area contributed by atoms with E-state index >= 15 is 0 Å². The first kappa shape index (κ1) is 17.9. The molecule has 0 radical (unpaired) electrons. The first-order valence-corrected chi connectivity index (χ1v) is 10.2. The molecule has 0 aromatic heterocycles. The molecule has 1 fully saturated rings. The van der Waals surface area contributed by atoms with Gasteiger partial charge in [0.05, 0.1) is 6.61 Å². The zero-order valence-corrected chi connectivity index (χ0v) is 15.6. The summed E-state index contributed by atoms with van der Waals surface area (Å²) in [5, 5.41) is -1.25. The molecule has 1 aliphatic rings. The van der Waals surface area contributed by atoms with E-state index in [1.807, 2.05) is 0 Å². The van der Waals surface area contributed by atoms with Crippen molar-refractivity contribution >= 4 is 25.9 Å². The Balaban J connectivity index is 2.53. The van der Waals surface area contributed by atoms with Gasteiger partial charge < -0.3 is 13.9 Å². The van der Waals surface area contributed by atoms with Gasteiger partial charge in [-0.25, -0.2) is 4.79 Å². The van der Waals surface area contributed by atoms with E-state index in [-0.39, 0.29) is 5.04 Å². The topological polar surface area (TPSA) is 48.1 Å². The molecule has 0 amide bonds. The number of rotatable bonds is 4. The fourth-order valence-corrected chi connectivity index (χ4v) is 2.55. The lowest BCUT2D eigenvalue weighted by Crippen LogP contribution is -2.42. The van der Waals surface area contributed by atoms with Gasteiger partial charge in [0.2, 0.25) is 0 Å². The van der Waals surface area contributed by atoms with Crippen molar-refractivity contribution in [2.75, 3.05) is 6.61 Å². The summed E-state index contributed by atoms with van der Waals surface area (Å²) < 4.78 is 16.6. The van der Waals surface area contributed by atoms with Gasteiger partial charge in [-0.05, 0) is 38.9 Å². The molecule has 2 atom stereocenters. The van der Waals surface area contributed by atoms with Crippen LogP contribution in [0.1, 0.15) is 41.5 Å². The third kappa shape index (κ3) is 4.20. The number of alkyl halides is 1. The van der Waals surface area contributed by atoms with Gasteiger partial charge in [-0.3, -0.25) is 0 Å². The maximum Gasteiger partial charge on any atom is 0.357 e. The van der Waals surface area contributed by atoms with Gasteiger partial charge in [0.15, 0.2) is 8.32 Å². The zero-order chi connectivity index (χ0) is 16.0. The smallest absolute Gasteiger partial charge is 0.357 e. The van der Waals surface area contributed by atoms with Gasteiger partial charge in [0.1, 0.15) is 11.7 Å². The lowest BCUT2D eigenvalue weighted by Gasteiger charge is -2.36. The predicted molar refractivity (Wildman–Crippen MR) is 82.5 cm³/mol. The molecule has 0 aromatic carbocycles. The molecular formula is C14H27ClO4Si. The maximum absolute atomic E-state index is 12.0. The second kappa shape index (κ2) is 5.27. The molecule has 1 heterocycles. The first-order valence-electron chi connectivity index (χ1n) is 6.93. The molecule has 0 N–H and O–H groups in total. The molecule has 0 saturated carbocycles. The van der Waals surface area contributed by atoms with Gasteiger partial charge in [0, 0.05) is 0 Å². The summed E-state index contributed by atoms with van der Waals surface area (Å²) in [4.78, 5) is 12.0. The van der Waals surface area contributed by atoms with E-state index in [4.69, 9.17) is 25.5 Å². The van der Waals surface area contributed by atoms with E-state index in [1.54, 1.807) is 20.8 Å². The third-order valence-corrected chi connectivity index (χ3v) is 8.74. The van der Waals surface area contributed by atoms with E-state index in [1.165, 1.54) is 0 Å². The number of hydrogen-bond donors (Lipinski definition) is 0. The van der Waals surface area contributed by atoms with Gasteiger partial charge in [-0.2, -0.15) is 0 Å². The van der Waals surface area contributed by atoms with Crippen LogP contribution >= 0.6 is 11.6 Å². The van der Waals surface area contributed by atoms with Crippen molar-refractivity contribution in [1.29, 1.82) is 0 Å². The number of halogens is 1. The molecule has 20 heavy (non-hydrogen) atoms. The molecule has 0 spiro atoms. The largest absolute Gasteiger partial charge is 0.457 e. The third-order valence-electron chi connectivity index (χ3n) is 3.75. The van der Waals surface area contributed by atoms with E-state index in [0.29, 0.717) is 6.61 Å². The molecule has 1 saturated heterocycles. The number of carbonyl (C=O) groups excluding carboxylic acids is 1. The first-order chi connectivity index (χ1) is 8.69. The Labute approximate surface area is 128 Å². The van der Waals surface area contributed by atoms with Crippen LogP contribution in [0.15, 0.2) is 0 Å². The highest BCUT2D eigenvalue weighted by atomic mass is 35.5. The molecule has 6 heteroatoms. The SMILES string of the molecule is CC(C)(C)OC(=O)C1(Cl)OC1CO[Si](C)(C)C(C)(C)C. The molecule has 2 unspecified atom stereocenters. The summed E-state index contributed by atoms with van der Waals surface area (Å²) in [6, 6.07) is 0. The second-order valence-corrected chi connectivity index (χ2v) is 13.2. The Morgan fingerprint density at radius 1 is 1.25 bits per heavy atom. The fraction of sp³-hybridized carbons (Fsp3) is 0.929. The molecule has 0 aliphatic carbocycles. The molecule has 1 rings (SSSR count). The van der Waals surface area contributed by atoms with Crippen LogP contribution in [0.25, 0.3) is 0 Å². The lowest BCUT2D eigenvalue weighted by molar-refractivity contribution is -0.158. The van der Waals surface area contributed by atoms with E-state index in [9.17, 15) is 4.79 Å². The lowest BCUT2D eigenvalue weighted by atomic mass is 10.2. The van der Waals surface area contributed by atoms with Crippen molar-refractivity contribution in [3.63, 3.8) is 0 Å². The number of hydrogen-bond acceptors (Lipinski definition) is 4. The normalized spacial score (nSPS) is 27.4. The van der Waals surface area contributed by atoms with Crippen molar-refractivity contribution in [2.45, 2.75) is 76.4 Å². The quantitative estimate of drug-likeness (QED) is 0.343. The van der Waals surface area contributed by atoms with Crippen molar-refractivity contribution in [2.24, 2.45) is 0 Å². The predicted octanol–water partition coefficient (Wildman–Crippen LogP) is 3.68. The number of carbonyl (C=O) groups is 1. The summed E-state index contributed by atoms with van der Waals surface area (Å²) in [5.74, 6) is -0.532. The molecule has 4 nitrogen and oxygen atoms in total. The van der Waals surface area contributed by atoms with Crippen molar-refractivity contribution in [1.82, 2.24) is 0 Å². The minimum Gasteiger partial charge on any atom is -0.457 e. The average Bonchev–Trinajstić information content (AvgIpc) is 2.84. The minimum atomic E-state index is -1.86. The summed E-state index contributed by atoms with van der Waals surface area (Å²) in [5.41, 5.74) is -0.574.